The van der Waals surface area contributed by atoms with Crippen LogP contribution in [-0.4, -0.2) is 43.5 Å². The Labute approximate surface area is 166 Å². The zero-order valence-electron chi connectivity index (χ0n) is 15.6. The fraction of sp³-hybridized carbons (Fsp3) is 0.300. The van der Waals surface area contributed by atoms with Gasteiger partial charge in [0.15, 0.2) is 11.3 Å². The molecule has 0 saturated carbocycles. The Morgan fingerprint density at radius 3 is 2.79 bits per heavy atom. The number of H-pyrrole nitrogens is 1. The van der Waals surface area contributed by atoms with Crippen molar-refractivity contribution in [1.29, 1.82) is 0 Å². The van der Waals surface area contributed by atoms with E-state index in [0.29, 0.717) is 11.3 Å². The summed E-state index contributed by atoms with van der Waals surface area (Å²) in [7, 11) is 0. The van der Waals surface area contributed by atoms with Gasteiger partial charge in [0.2, 0.25) is 5.95 Å². The highest BCUT2D eigenvalue weighted by molar-refractivity contribution is 7.99. The van der Waals surface area contributed by atoms with E-state index in [1.54, 1.807) is 18.0 Å². The molecule has 0 radical (unpaired) electrons. The van der Waals surface area contributed by atoms with E-state index in [1.165, 1.54) is 0 Å². The number of aromatic nitrogens is 5. The van der Waals surface area contributed by atoms with Gasteiger partial charge >= 0.3 is 0 Å². The van der Waals surface area contributed by atoms with Crippen LogP contribution in [0.15, 0.2) is 52.6 Å². The molecule has 0 amide bonds. The van der Waals surface area contributed by atoms with Gasteiger partial charge in [0.25, 0.3) is 0 Å². The monoisotopic (exact) mass is 391 g/mol. The lowest BCUT2D eigenvalue weighted by atomic mass is 9.91. The normalized spacial score (nSPS) is 16.7. The van der Waals surface area contributed by atoms with Crippen molar-refractivity contribution in [2.45, 2.75) is 35.2 Å². The maximum absolute atomic E-state index is 6.24. The minimum absolute atomic E-state index is 0.0872. The summed E-state index contributed by atoms with van der Waals surface area (Å²) in [6.45, 7) is 3.88. The van der Waals surface area contributed by atoms with Crippen molar-refractivity contribution in [2.24, 2.45) is 5.73 Å². The van der Waals surface area contributed by atoms with Crippen LogP contribution < -0.4 is 10.6 Å². The molecule has 0 unspecified atom stereocenters. The number of aromatic amines is 1. The third-order valence-corrected chi connectivity index (χ3v) is 6.18. The first-order chi connectivity index (χ1) is 13.6. The van der Waals surface area contributed by atoms with Crippen molar-refractivity contribution in [3.05, 3.63) is 42.7 Å². The maximum Gasteiger partial charge on any atom is 0.206 e. The van der Waals surface area contributed by atoms with Gasteiger partial charge in [-0.3, -0.25) is 4.98 Å². The highest BCUT2D eigenvalue weighted by Crippen LogP contribution is 2.32. The minimum atomic E-state index is -0.0872. The Bertz CT molecular complexity index is 1140. The number of pyridine rings is 1. The highest BCUT2D eigenvalue weighted by atomic mass is 32.2. The quantitative estimate of drug-likeness (QED) is 0.553. The second kappa shape index (κ2) is 6.72. The van der Waals surface area contributed by atoms with E-state index in [1.807, 2.05) is 30.5 Å². The summed E-state index contributed by atoms with van der Waals surface area (Å²) < 4.78 is 0. The molecule has 4 heterocycles. The molecular formula is C20H21N7S. The second-order valence-corrected chi connectivity index (χ2v) is 8.57. The van der Waals surface area contributed by atoms with Gasteiger partial charge in [-0.05, 0) is 31.9 Å². The van der Waals surface area contributed by atoms with Crippen molar-refractivity contribution >= 4 is 39.9 Å². The van der Waals surface area contributed by atoms with E-state index in [-0.39, 0.29) is 5.54 Å². The molecule has 0 spiro atoms. The molecule has 3 N–H and O–H groups in total. The fourth-order valence-corrected chi connectivity index (χ4v) is 4.35. The smallest absolute Gasteiger partial charge is 0.206 e. The van der Waals surface area contributed by atoms with Crippen molar-refractivity contribution in [3.63, 3.8) is 0 Å². The van der Waals surface area contributed by atoms with Crippen LogP contribution in [0.4, 0.5) is 5.95 Å². The first-order valence-electron chi connectivity index (χ1n) is 9.36. The van der Waals surface area contributed by atoms with Crippen LogP contribution in [0.1, 0.15) is 19.8 Å². The van der Waals surface area contributed by atoms with Gasteiger partial charge in [0.05, 0.1) is 11.7 Å². The van der Waals surface area contributed by atoms with Gasteiger partial charge in [0.1, 0.15) is 5.03 Å². The topological polar surface area (TPSA) is 96.6 Å². The lowest BCUT2D eigenvalue weighted by molar-refractivity contribution is 0.362. The highest BCUT2D eigenvalue weighted by Gasteiger charge is 2.27. The number of anilines is 1. The van der Waals surface area contributed by atoms with E-state index in [0.717, 1.165) is 52.7 Å². The molecule has 0 aliphatic carbocycles. The summed E-state index contributed by atoms with van der Waals surface area (Å²) in [5.74, 6) is 0.821. The van der Waals surface area contributed by atoms with Crippen LogP contribution >= 0.6 is 11.8 Å². The Morgan fingerprint density at radius 2 is 1.93 bits per heavy atom. The summed E-state index contributed by atoms with van der Waals surface area (Å²) in [4.78, 5) is 24.9. The SMILES string of the molecule is CC1(N)CCN(c2nc3ncc(Sc4ccnc5ccccc45)nc3[nH]2)CC1. The zero-order valence-corrected chi connectivity index (χ0v) is 16.4. The molecule has 0 atom stereocenters. The molecular weight excluding hydrogens is 370 g/mol. The molecule has 1 saturated heterocycles. The predicted molar refractivity (Wildman–Crippen MR) is 112 cm³/mol. The molecule has 1 aromatic carbocycles. The first-order valence-corrected chi connectivity index (χ1v) is 10.2. The van der Waals surface area contributed by atoms with Gasteiger partial charge in [-0.15, -0.1) is 0 Å². The molecule has 1 aliphatic heterocycles. The van der Waals surface area contributed by atoms with E-state index in [2.05, 4.69) is 37.8 Å². The van der Waals surface area contributed by atoms with Crippen LogP contribution in [0.2, 0.25) is 0 Å². The van der Waals surface area contributed by atoms with Crippen molar-refractivity contribution in [1.82, 2.24) is 24.9 Å². The third kappa shape index (κ3) is 3.29. The molecule has 8 heteroatoms. The summed E-state index contributed by atoms with van der Waals surface area (Å²) in [5.41, 5.74) is 8.47. The zero-order chi connectivity index (χ0) is 19.1. The average Bonchev–Trinajstić information content (AvgIpc) is 3.11. The van der Waals surface area contributed by atoms with E-state index in [9.17, 15) is 0 Å². The molecule has 142 valence electrons. The van der Waals surface area contributed by atoms with Crippen LogP contribution in [0.3, 0.4) is 0 Å². The molecule has 4 aromatic rings. The summed E-state index contributed by atoms with van der Waals surface area (Å²) >= 11 is 1.58. The number of nitrogens with zero attached hydrogens (tertiary/aromatic N) is 5. The van der Waals surface area contributed by atoms with Crippen molar-refractivity contribution in [2.75, 3.05) is 18.0 Å². The third-order valence-electron chi connectivity index (χ3n) is 5.20. The average molecular weight is 392 g/mol. The van der Waals surface area contributed by atoms with Crippen LogP contribution in [0.25, 0.3) is 22.2 Å². The molecule has 28 heavy (non-hydrogen) atoms. The van der Waals surface area contributed by atoms with Crippen LogP contribution in [-0.2, 0) is 0 Å². The number of nitrogens with one attached hydrogen (secondary N) is 1. The number of benzene rings is 1. The van der Waals surface area contributed by atoms with Crippen LogP contribution in [0.5, 0.6) is 0 Å². The minimum Gasteiger partial charge on any atom is -0.342 e. The van der Waals surface area contributed by atoms with Gasteiger partial charge < -0.3 is 15.6 Å². The molecule has 3 aromatic heterocycles. The first kappa shape index (κ1) is 17.4. The molecule has 7 nitrogen and oxygen atoms in total. The second-order valence-electron chi connectivity index (χ2n) is 7.51. The number of para-hydroxylation sites is 1. The van der Waals surface area contributed by atoms with Gasteiger partial charge in [-0.25, -0.2) is 9.97 Å². The standard InChI is InChI=1S/C20H21N7S/c1-20(21)7-10-27(11-8-20)19-25-17-18(26-19)24-16(12-23-17)28-15-6-9-22-14-5-3-2-4-13(14)15/h2-6,9,12H,7-8,10-11,21H2,1H3,(H,23,24,25,26). The van der Waals surface area contributed by atoms with Crippen molar-refractivity contribution < 1.29 is 0 Å². The Kier molecular flexibility index (Phi) is 4.17. The molecule has 5 rings (SSSR count). The summed E-state index contributed by atoms with van der Waals surface area (Å²) in [5, 5.41) is 1.94. The van der Waals surface area contributed by atoms with Gasteiger partial charge in [-0.1, -0.05) is 30.0 Å². The molecule has 0 bridgehead atoms. The van der Waals surface area contributed by atoms with Gasteiger partial charge in [-0.2, -0.15) is 4.98 Å². The number of imidazole rings is 1. The number of nitrogens with two attached hydrogens (primary N) is 1. The lowest BCUT2D eigenvalue weighted by Gasteiger charge is -2.36. The Balaban J connectivity index is 1.42. The Morgan fingerprint density at radius 1 is 1.11 bits per heavy atom. The van der Waals surface area contributed by atoms with Gasteiger partial charge in [0, 0.05) is 35.1 Å². The summed E-state index contributed by atoms with van der Waals surface area (Å²) in [6.07, 6.45) is 5.49. The number of hydrogen-bond acceptors (Lipinski definition) is 7. The largest absolute Gasteiger partial charge is 0.342 e. The summed E-state index contributed by atoms with van der Waals surface area (Å²) in [6, 6.07) is 10.1. The number of hydrogen-bond donors (Lipinski definition) is 2. The number of fused-ring (bicyclic) bond motifs is 2. The Hall–Kier alpha value is -2.71. The number of piperidine rings is 1. The van der Waals surface area contributed by atoms with E-state index in [4.69, 9.17) is 10.7 Å². The molecule has 1 fully saturated rings. The maximum atomic E-state index is 6.24. The lowest BCUT2D eigenvalue weighted by Crippen LogP contribution is -2.48. The molecule has 1 aliphatic rings. The van der Waals surface area contributed by atoms with E-state index >= 15 is 0 Å². The predicted octanol–water partition coefficient (Wildman–Crippen LogP) is 3.37. The van der Waals surface area contributed by atoms with Crippen molar-refractivity contribution in [3.8, 4) is 0 Å². The van der Waals surface area contributed by atoms with Crippen LogP contribution in [0, 0.1) is 0 Å². The fourth-order valence-electron chi connectivity index (χ4n) is 3.47. The van der Waals surface area contributed by atoms with E-state index < -0.39 is 0 Å². The number of rotatable bonds is 3.